The molecule has 0 radical (unpaired) electrons. The number of aromatic nitrogens is 2. The molecule has 1 N–H and O–H groups in total. The van der Waals surface area contributed by atoms with E-state index >= 15 is 0 Å². The number of nitrogens with one attached hydrogen (secondary N) is 1. The fourth-order valence-electron chi connectivity index (χ4n) is 2.66. The van der Waals surface area contributed by atoms with Gasteiger partial charge in [-0.25, -0.2) is 4.98 Å². The van der Waals surface area contributed by atoms with E-state index in [2.05, 4.69) is 17.1 Å². The zero-order valence-corrected chi connectivity index (χ0v) is 12.4. The van der Waals surface area contributed by atoms with Gasteiger partial charge < -0.3 is 10.2 Å². The van der Waals surface area contributed by atoms with E-state index in [4.69, 9.17) is 9.97 Å². The molecule has 0 amide bonds. The Morgan fingerprint density at radius 3 is 2.79 bits per heavy atom. The summed E-state index contributed by atoms with van der Waals surface area (Å²) >= 11 is 1.94. The number of piperidine rings is 1. The summed E-state index contributed by atoms with van der Waals surface area (Å²) in [5, 5.41) is 3.48. The molecule has 0 atom stereocenters. The van der Waals surface area contributed by atoms with E-state index in [9.17, 15) is 0 Å². The van der Waals surface area contributed by atoms with Crippen molar-refractivity contribution in [3.8, 4) is 0 Å². The highest BCUT2D eigenvalue weighted by Crippen LogP contribution is 2.34. The van der Waals surface area contributed by atoms with Gasteiger partial charge >= 0.3 is 0 Å². The first-order valence-corrected chi connectivity index (χ1v) is 8.50. The number of fused-ring (bicyclic) bond motifs is 1. The molecule has 0 spiro atoms. The largest absolute Gasteiger partial charge is 0.370 e. The van der Waals surface area contributed by atoms with Crippen LogP contribution in [0.15, 0.2) is 0 Å². The van der Waals surface area contributed by atoms with Crippen molar-refractivity contribution in [2.24, 2.45) is 0 Å². The van der Waals surface area contributed by atoms with Crippen LogP contribution in [-0.2, 0) is 11.5 Å². The quantitative estimate of drug-likeness (QED) is 0.917. The number of anilines is 2. The smallest absolute Gasteiger partial charge is 0.227 e. The normalized spacial score (nSPS) is 18.5. The molecule has 2 aliphatic heterocycles. The Bertz CT molecular complexity index is 443. The highest BCUT2D eigenvalue weighted by Gasteiger charge is 2.22. The molecule has 3 rings (SSSR count). The monoisotopic (exact) mass is 278 g/mol. The number of thioether (sulfide) groups is 1. The van der Waals surface area contributed by atoms with Crippen LogP contribution in [0.5, 0.6) is 0 Å². The fourth-order valence-corrected chi connectivity index (χ4v) is 3.70. The average molecular weight is 278 g/mol. The van der Waals surface area contributed by atoms with E-state index < -0.39 is 0 Å². The topological polar surface area (TPSA) is 41.1 Å². The zero-order chi connectivity index (χ0) is 13.1. The maximum Gasteiger partial charge on any atom is 0.227 e. The number of hydrogen-bond acceptors (Lipinski definition) is 5. The van der Waals surface area contributed by atoms with Gasteiger partial charge in [0.2, 0.25) is 5.95 Å². The minimum Gasteiger partial charge on any atom is -0.370 e. The van der Waals surface area contributed by atoms with Crippen molar-refractivity contribution in [3.63, 3.8) is 0 Å². The SMILES string of the molecule is CCCNc1nc(N2CCCCC2)nc2c1CSC2. The Morgan fingerprint density at radius 2 is 2.00 bits per heavy atom. The van der Waals surface area contributed by atoms with Gasteiger partial charge in [-0.15, -0.1) is 0 Å². The molecule has 0 saturated carbocycles. The van der Waals surface area contributed by atoms with E-state index in [1.165, 1.54) is 30.5 Å². The molecule has 0 unspecified atom stereocenters. The van der Waals surface area contributed by atoms with Crippen LogP contribution in [0.25, 0.3) is 0 Å². The summed E-state index contributed by atoms with van der Waals surface area (Å²) in [6.45, 7) is 5.40. The van der Waals surface area contributed by atoms with E-state index in [1.54, 1.807) is 0 Å². The summed E-state index contributed by atoms with van der Waals surface area (Å²) in [7, 11) is 0. The molecule has 4 nitrogen and oxygen atoms in total. The molecular weight excluding hydrogens is 256 g/mol. The van der Waals surface area contributed by atoms with Crippen molar-refractivity contribution < 1.29 is 0 Å². The molecule has 104 valence electrons. The highest BCUT2D eigenvalue weighted by atomic mass is 32.2. The maximum absolute atomic E-state index is 4.80. The first-order valence-electron chi connectivity index (χ1n) is 7.35. The maximum atomic E-state index is 4.80. The Hall–Kier alpha value is -0.970. The molecule has 19 heavy (non-hydrogen) atoms. The van der Waals surface area contributed by atoms with Gasteiger partial charge in [0.15, 0.2) is 0 Å². The predicted molar refractivity (Wildman–Crippen MR) is 81.9 cm³/mol. The van der Waals surface area contributed by atoms with Crippen LogP contribution in [-0.4, -0.2) is 29.6 Å². The molecule has 2 aliphatic rings. The molecular formula is C14H22N4S. The molecule has 3 heterocycles. The van der Waals surface area contributed by atoms with Gasteiger partial charge in [0.1, 0.15) is 5.82 Å². The lowest BCUT2D eigenvalue weighted by Crippen LogP contribution is -2.31. The van der Waals surface area contributed by atoms with Gasteiger partial charge in [-0.1, -0.05) is 6.92 Å². The Balaban J connectivity index is 1.87. The molecule has 1 saturated heterocycles. The third-order valence-corrected chi connectivity index (χ3v) is 4.72. The van der Waals surface area contributed by atoms with Crippen LogP contribution in [0.4, 0.5) is 11.8 Å². The molecule has 0 aliphatic carbocycles. The van der Waals surface area contributed by atoms with Crippen molar-refractivity contribution >= 4 is 23.5 Å². The minimum absolute atomic E-state index is 0.944. The lowest BCUT2D eigenvalue weighted by atomic mass is 10.1. The first-order chi connectivity index (χ1) is 9.38. The second-order valence-electron chi connectivity index (χ2n) is 5.26. The molecule has 1 aromatic heterocycles. The summed E-state index contributed by atoms with van der Waals surface area (Å²) in [5.41, 5.74) is 2.58. The average Bonchev–Trinajstić information content (AvgIpc) is 2.94. The predicted octanol–water partition coefficient (Wildman–Crippen LogP) is 3.04. The summed E-state index contributed by atoms with van der Waals surface area (Å²) in [6.07, 6.45) is 5.02. The van der Waals surface area contributed by atoms with Gasteiger partial charge in [-0.3, -0.25) is 0 Å². The summed E-state index contributed by atoms with van der Waals surface area (Å²) in [4.78, 5) is 11.9. The zero-order valence-electron chi connectivity index (χ0n) is 11.6. The lowest BCUT2D eigenvalue weighted by molar-refractivity contribution is 0.567. The second kappa shape index (κ2) is 5.99. The van der Waals surface area contributed by atoms with E-state index in [1.807, 2.05) is 11.8 Å². The molecule has 1 fully saturated rings. The third kappa shape index (κ3) is 2.81. The molecule has 0 aromatic carbocycles. The lowest BCUT2D eigenvalue weighted by Gasteiger charge is -2.27. The van der Waals surface area contributed by atoms with Crippen molar-refractivity contribution in [3.05, 3.63) is 11.3 Å². The highest BCUT2D eigenvalue weighted by molar-refractivity contribution is 7.98. The van der Waals surface area contributed by atoms with Gasteiger partial charge in [-0.2, -0.15) is 16.7 Å². The summed E-state index contributed by atoms with van der Waals surface area (Å²) in [5.74, 6) is 4.12. The fraction of sp³-hybridized carbons (Fsp3) is 0.714. The van der Waals surface area contributed by atoms with Crippen LogP contribution in [0, 0.1) is 0 Å². The first kappa shape index (κ1) is 13.0. The Labute approximate surface area is 119 Å². The standard InChI is InChI=1S/C14H22N4S/c1-2-6-15-13-11-9-19-10-12(11)16-14(17-13)18-7-4-3-5-8-18/h2-10H2,1H3,(H,15,16,17). The molecule has 5 heteroatoms. The molecule has 1 aromatic rings. The Morgan fingerprint density at radius 1 is 1.16 bits per heavy atom. The number of nitrogens with zero attached hydrogens (tertiary/aromatic N) is 3. The third-order valence-electron chi connectivity index (χ3n) is 3.75. The molecule has 0 bridgehead atoms. The minimum atomic E-state index is 0.944. The number of rotatable bonds is 4. The van der Waals surface area contributed by atoms with E-state index in [0.717, 1.165) is 49.3 Å². The van der Waals surface area contributed by atoms with E-state index in [0.29, 0.717) is 0 Å². The van der Waals surface area contributed by atoms with Crippen molar-refractivity contribution in [2.75, 3.05) is 29.9 Å². The van der Waals surface area contributed by atoms with Gasteiger partial charge in [0.25, 0.3) is 0 Å². The number of hydrogen-bond donors (Lipinski definition) is 1. The van der Waals surface area contributed by atoms with Crippen LogP contribution >= 0.6 is 11.8 Å². The van der Waals surface area contributed by atoms with Crippen LogP contribution in [0.2, 0.25) is 0 Å². The van der Waals surface area contributed by atoms with Gasteiger partial charge in [0, 0.05) is 36.7 Å². The van der Waals surface area contributed by atoms with Crippen molar-refractivity contribution in [1.29, 1.82) is 0 Å². The summed E-state index contributed by atoms with van der Waals surface area (Å²) < 4.78 is 0. The van der Waals surface area contributed by atoms with Crippen LogP contribution in [0.3, 0.4) is 0 Å². The van der Waals surface area contributed by atoms with Gasteiger partial charge in [-0.05, 0) is 25.7 Å². The van der Waals surface area contributed by atoms with Crippen molar-refractivity contribution in [2.45, 2.75) is 44.1 Å². The Kier molecular flexibility index (Phi) is 4.11. The van der Waals surface area contributed by atoms with Crippen LogP contribution < -0.4 is 10.2 Å². The summed E-state index contributed by atoms with van der Waals surface area (Å²) in [6, 6.07) is 0. The van der Waals surface area contributed by atoms with Crippen molar-refractivity contribution in [1.82, 2.24) is 9.97 Å². The second-order valence-corrected chi connectivity index (χ2v) is 6.25. The van der Waals surface area contributed by atoms with E-state index in [-0.39, 0.29) is 0 Å². The van der Waals surface area contributed by atoms with Gasteiger partial charge in [0.05, 0.1) is 5.69 Å². The van der Waals surface area contributed by atoms with Crippen LogP contribution in [0.1, 0.15) is 43.9 Å².